The zero-order valence-electron chi connectivity index (χ0n) is 10.9. The van der Waals surface area contributed by atoms with Gasteiger partial charge < -0.3 is 4.74 Å². The van der Waals surface area contributed by atoms with Gasteiger partial charge in [0.25, 0.3) is 0 Å². The maximum absolute atomic E-state index is 11.4. The van der Waals surface area contributed by atoms with Crippen molar-refractivity contribution in [2.75, 3.05) is 19.7 Å². The lowest BCUT2D eigenvalue weighted by molar-refractivity contribution is -0.144. The highest BCUT2D eigenvalue weighted by Crippen LogP contribution is 2.27. The van der Waals surface area contributed by atoms with Crippen LogP contribution >= 0.6 is 0 Å². The highest BCUT2D eigenvalue weighted by Gasteiger charge is 2.30. The molecule has 0 heterocycles. The van der Waals surface area contributed by atoms with Crippen LogP contribution in [0.3, 0.4) is 0 Å². The minimum atomic E-state index is -0.0704. The van der Waals surface area contributed by atoms with Crippen molar-refractivity contribution < 1.29 is 9.53 Å². The van der Waals surface area contributed by atoms with Crippen molar-refractivity contribution in [1.82, 2.24) is 4.90 Å². The predicted octanol–water partition coefficient (Wildman–Crippen LogP) is 2.45. The number of nitrogens with zero attached hydrogens (tertiary/aromatic N) is 1. The predicted molar refractivity (Wildman–Crippen MR) is 65.3 cm³/mol. The zero-order chi connectivity index (χ0) is 12.0. The van der Waals surface area contributed by atoms with Crippen molar-refractivity contribution >= 4 is 5.97 Å². The second kappa shape index (κ2) is 6.89. The van der Waals surface area contributed by atoms with E-state index in [1.54, 1.807) is 0 Å². The average molecular weight is 227 g/mol. The summed E-state index contributed by atoms with van der Waals surface area (Å²) >= 11 is 0. The molecule has 0 aromatic rings. The molecule has 0 bridgehead atoms. The summed E-state index contributed by atoms with van der Waals surface area (Å²) < 4.78 is 5.00. The van der Waals surface area contributed by atoms with Gasteiger partial charge in [-0.15, -0.1) is 0 Å². The van der Waals surface area contributed by atoms with E-state index < -0.39 is 0 Å². The molecular weight excluding hydrogens is 202 g/mol. The van der Waals surface area contributed by atoms with Crippen LogP contribution in [0.1, 0.15) is 46.5 Å². The van der Waals surface area contributed by atoms with Gasteiger partial charge in [0.05, 0.1) is 13.2 Å². The van der Waals surface area contributed by atoms with Gasteiger partial charge in [-0.05, 0) is 45.1 Å². The summed E-state index contributed by atoms with van der Waals surface area (Å²) in [6, 6.07) is 0.650. The Hall–Kier alpha value is -0.570. The molecule has 1 rings (SSSR count). The molecule has 0 aliphatic heterocycles. The van der Waals surface area contributed by atoms with Crippen molar-refractivity contribution in [2.45, 2.75) is 52.5 Å². The van der Waals surface area contributed by atoms with Crippen LogP contribution in [-0.4, -0.2) is 36.6 Å². The topological polar surface area (TPSA) is 29.5 Å². The number of hydrogen-bond acceptors (Lipinski definition) is 3. The van der Waals surface area contributed by atoms with E-state index in [0.29, 0.717) is 19.2 Å². The third kappa shape index (κ3) is 5.50. The molecule has 0 saturated heterocycles. The third-order valence-corrected chi connectivity index (χ3v) is 2.93. The van der Waals surface area contributed by atoms with Crippen LogP contribution in [0.4, 0.5) is 0 Å². The molecule has 0 aromatic carbocycles. The van der Waals surface area contributed by atoms with Crippen molar-refractivity contribution in [1.29, 1.82) is 0 Å². The van der Waals surface area contributed by atoms with Crippen LogP contribution in [-0.2, 0) is 9.53 Å². The van der Waals surface area contributed by atoms with Crippen LogP contribution in [0.15, 0.2) is 0 Å². The quantitative estimate of drug-likeness (QED) is 0.597. The first-order valence-electron chi connectivity index (χ1n) is 6.53. The Morgan fingerprint density at radius 2 is 2.12 bits per heavy atom. The molecule has 0 atom stereocenters. The standard InChI is InChI=1S/C13H25NO2/c1-4-16-13(15)10-14(12-7-8-12)9-5-6-11(2)3/h11-12H,4-10H2,1-3H3. The Bertz CT molecular complexity index is 212. The van der Waals surface area contributed by atoms with Gasteiger partial charge in [0.2, 0.25) is 0 Å². The molecule has 0 aromatic heterocycles. The normalized spacial score (nSPS) is 15.8. The number of ether oxygens (including phenoxy) is 1. The monoisotopic (exact) mass is 227 g/mol. The largest absolute Gasteiger partial charge is 0.465 e. The fourth-order valence-corrected chi connectivity index (χ4v) is 1.91. The number of esters is 1. The molecule has 1 aliphatic carbocycles. The summed E-state index contributed by atoms with van der Waals surface area (Å²) in [5.41, 5.74) is 0. The number of carbonyl (C=O) groups is 1. The summed E-state index contributed by atoms with van der Waals surface area (Å²) in [5.74, 6) is 0.683. The van der Waals surface area contributed by atoms with Crippen molar-refractivity contribution in [3.05, 3.63) is 0 Å². The lowest BCUT2D eigenvalue weighted by Gasteiger charge is -2.21. The molecule has 1 saturated carbocycles. The molecule has 1 fully saturated rings. The van der Waals surface area contributed by atoms with Crippen LogP contribution in [0.2, 0.25) is 0 Å². The average Bonchev–Trinajstić information content (AvgIpc) is 2.99. The van der Waals surface area contributed by atoms with E-state index in [1.165, 1.54) is 25.7 Å². The maximum atomic E-state index is 11.4. The summed E-state index contributed by atoms with van der Waals surface area (Å²) in [5, 5.41) is 0. The number of rotatable bonds is 8. The second-order valence-electron chi connectivity index (χ2n) is 5.04. The molecular formula is C13H25NO2. The zero-order valence-corrected chi connectivity index (χ0v) is 10.9. The van der Waals surface area contributed by atoms with E-state index in [9.17, 15) is 4.79 Å². The highest BCUT2D eigenvalue weighted by atomic mass is 16.5. The Balaban J connectivity index is 2.22. The van der Waals surface area contributed by atoms with Crippen molar-refractivity contribution in [2.24, 2.45) is 5.92 Å². The first-order chi connectivity index (χ1) is 7.63. The van der Waals surface area contributed by atoms with E-state index >= 15 is 0 Å². The molecule has 0 amide bonds. The van der Waals surface area contributed by atoms with E-state index in [0.717, 1.165) is 12.5 Å². The van der Waals surface area contributed by atoms with Crippen LogP contribution in [0.25, 0.3) is 0 Å². The second-order valence-corrected chi connectivity index (χ2v) is 5.04. The molecule has 3 nitrogen and oxygen atoms in total. The van der Waals surface area contributed by atoms with Crippen molar-refractivity contribution in [3.63, 3.8) is 0 Å². The van der Waals surface area contributed by atoms with Crippen molar-refractivity contribution in [3.8, 4) is 0 Å². The molecule has 0 N–H and O–H groups in total. The molecule has 16 heavy (non-hydrogen) atoms. The fourth-order valence-electron chi connectivity index (χ4n) is 1.91. The Morgan fingerprint density at radius 3 is 2.62 bits per heavy atom. The maximum Gasteiger partial charge on any atom is 0.320 e. The number of hydrogen-bond donors (Lipinski definition) is 0. The van der Waals surface area contributed by atoms with E-state index in [-0.39, 0.29) is 5.97 Å². The molecule has 0 spiro atoms. The highest BCUT2D eigenvalue weighted by molar-refractivity contribution is 5.71. The Kier molecular flexibility index (Phi) is 5.81. The minimum absolute atomic E-state index is 0.0704. The molecule has 0 unspecified atom stereocenters. The fraction of sp³-hybridized carbons (Fsp3) is 0.923. The number of carbonyl (C=O) groups excluding carboxylic acids is 1. The van der Waals surface area contributed by atoms with E-state index in [4.69, 9.17) is 4.74 Å². The summed E-state index contributed by atoms with van der Waals surface area (Å²) in [6.07, 6.45) is 4.93. The van der Waals surface area contributed by atoms with Gasteiger partial charge in [-0.25, -0.2) is 0 Å². The van der Waals surface area contributed by atoms with E-state index in [1.807, 2.05) is 6.92 Å². The summed E-state index contributed by atoms with van der Waals surface area (Å²) in [6.45, 7) is 8.36. The molecule has 0 radical (unpaired) electrons. The summed E-state index contributed by atoms with van der Waals surface area (Å²) in [4.78, 5) is 13.7. The summed E-state index contributed by atoms with van der Waals surface area (Å²) in [7, 11) is 0. The van der Waals surface area contributed by atoms with Gasteiger partial charge in [-0.1, -0.05) is 13.8 Å². The first kappa shape index (κ1) is 13.5. The molecule has 94 valence electrons. The van der Waals surface area contributed by atoms with Gasteiger partial charge in [-0.3, -0.25) is 9.69 Å². The van der Waals surface area contributed by atoms with Crippen LogP contribution in [0, 0.1) is 5.92 Å². The van der Waals surface area contributed by atoms with Crippen LogP contribution in [0.5, 0.6) is 0 Å². The van der Waals surface area contributed by atoms with Crippen LogP contribution < -0.4 is 0 Å². The lowest BCUT2D eigenvalue weighted by atomic mass is 10.1. The molecule has 3 heteroatoms. The van der Waals surface area contributed by atoms with Gasteiger partial charge in [0, 0.05) is 6.04 Å². The first-order valence-corrected chi connectivity index (χ1v) is 6.53. The third-order valence-electron chi connectivity index (χ3n) is 2.93. The van der Waals surface area contributed by atoms with Gasteiger partial charge in [0.15, 0.2) is 0 Å². The smallest absolute Gasteiger partial charge is 0.320 e. The molecule has 1 aliphatic rings. The minimum Gasteiger partial charge on any atom is -0.465 e. The van der Waals surface area contributed by atoms with Gasteiger partial charge >= 0.3 is 5.97 Å². The van der Waals surface area contributed by atoms with Gasteiger partial charge in [0.1, 0.15) is 0 Å². The van der Waals surface area contributed by atoms with Gasteiger partial charge in [-0.2, -0.15) is 0 Å². The van der Waals surface area contributed by atoms with E-state index in [2.05, 4.69) is 18.7 Å². The lowest BCUT2D eigenvalue weighted by Crippen LogP contribution is -2.33. The Morgan fingerprint density at radius 1 is 1.44 bits per heavy atom. The SMILES string of the molecule is CCOC(=O)CN(CCCC(C)C)C1CC1. The Labute approximate surface area is 99.1 Å².